The number of hydrogen-bond donors (Lipinski definition) is 2. The second-order valence-corrected chi connectivity index (χ2v) is 10.9. The first kappa shape index (κ1) is 26.5. The summed E-state index contributed by atoms with van der Waals surface area (Å²) >= 11 is 0. The van der Waals surface area contributed by atoms with Crippen LogP contribution in [0, 0.1) is 0 Å². The van der Waals surface area contributed by atoms with Crippen molar-refractivity contribution in [1.82, 2.24) is 9.55 Å². The number of nitrogens with zero attached hydrogens (tertiary/aromatic N) is 1. The van der Waals surface area contributed by atoms with Gasteiger partial charge in [0, 0.05) is 12.3 Å². The summed E-state index contributed by atoms with van der Waals surface area (Å²) < 4.78 is 42.3. The van der Waals surface area contributed by atoms with Crippen LogP contribution in [0.25, 0.3) is 0 Å². The minimum absolute atomic E-state index is 0.119. The molecule has 36 heavy (non-hydrogen) atoms. The fourth-order valence-electron chi connectivity index (χ4n) is 4.31. The minimum atomic E-state index is -4.06. The molecule has 2 aliphatic heterocycles. The van der Waals surface area contributed by atoms with Crippen molar-refractivity contribution in [2.24, 2.45) is 5.73 Å². The predicted molar refractivity (Wildman–Crippen MR) is 127 cm³/mol. The first-order chi connectivity index (χ1) is 17.0. The Bertz CT molecular complexity index is 1240. The van der Waals surface area contributed by atoms with Gasteiger partial charge in [-0.3, -0.25) is 32.7 Å². The van der Waals surface area contributed by atoms with Crippen molar-refractivity contribution in [2.45, 2.75) is 63.2 Å². The molecule has 4 rings (SSSR count). The molecular weight excluding hydrogens is 493 g/mol. The Morgan fingerprint density at radius 3 is 2.67 bits per heavy atom. The second kappa shape index (κ2) is 10.4. The average Bonchev–Trinajstić information content (AvgIpc) is 3.06. The van der Waals surface area contributed by atoms with Crippen molar-refractivity contribution in [2.75, 3.05) is 13.2 Å². The molecule has 3 heterocycles. The SMILES string of the molecule is CC(C)OC(=O)C(CCO[P@]1(=O)OC[C@H]2O[C@@H](n3ccc(=O)[nH]c3=O)[C@](C)(N)[C@@H]2O1)c1ccccc1. The van der Waals surface area contributed by atoms with Crippen LogP contribution in [-0.4, -0.2) is 52.6 Å². The number of benzene rings is 1. The number of carbonyl (C=O) groups is 1. The van der Waals surface area contributed by atoms with Crippen LogP contribution >= 0.6 is 7.82 Å². The summed E-state index contributed by atoms with van der Waals surface area (Å²) in [6.07, 6.45) is -1.53. The third-order valence-corrected chi connectivity index (χ3v) is 7.47. The van der Waals surface area contributed by atoms with Crippen LogP contribution in [0.1, 0.15) is 44.9 Å². The molecule has 0 aliphatic carbocycles. The number of nitrogens with two attached hydrogens (primary N) is 1. The molecule has 0 saturated carbocycles. The second-order valence-electron chi connectivity index (χ2n) is 9.25. The number of fused-ring (bicyclic) bond motifs is 1. The number of phosphoric acid groups is 1. The van der Waals surface area contributed by atoms with Gasteiger partial charge < -0.3 is 15.2 Å². The monoisotopic (exact) mass is 523 g/mol. The normalized spacial score (nSPS) is 30.6. The van der Waals surface area contributed by atoms with E-state index in [1.54, 1.807) is 32.9 Å². The van der Waals surface area contributed by atoms with Gasteiger partial charge in [-0.05, 0) is 32.8 Å². The predicted octanol–water partition coefficient (Wildman–Crippen LogP) is 1.82. The van der Waals surface area contributed by atoms with Gasteiger partial charge in [-0.2, -0.15) is 0 Å². The number of H-pyrrole nitrogens is 1. The van der Waals surface area contributed by atoms with Crippen LogP contribution < -0.4 is 17.0 Å². The van der Waals surface area contributed by atoms with Crippen LogP contribution in [0.4, 0.5) is 0 Å². The molecule has 2 saturated heterocycles. The van der Waals surface area contributed by atoms with Gasteiger partial charge in [0.15, 0.2) is 6.23 Å². The van der Waals surface area contributed by atoms with Gasteiger partial charge in [-0.15, -0.1) is 0 Å². The Morgan fingerprint density at radius 1 is 1.28 bits per heavy atom. The van der Waals surface area contributed by atoms with E-state index in [1.807, 2.05) is 18.2 Å². The zero-order chi connectivity index (χ0) is 26.1. The van der Waals surface area contributed by atoms with E-state index >= 15 is 0 Å². The minimum Gasteiger partial charge on any atom is -0.463 e. The molecule has 3 N–H and O–H groups in total. The topological polar surface area (TPSA) is 161 Å². The Labute approximate surface area is 207 Å². The van der Waals surface area contributed by atoms with E-state index in [-0.39, 0.29) is 25.7 Å². The highest BCUT2D eigenvalue weighted by Gasteiger charge is 2.59. The lowest BCUT2D eigenvalue weighted by molar-refractivity contribution is -0.149. The maximum atomic E-state index is 13.3. The molecule has 0 radical (unpaired) electrons. The molecule has 0 spiro atoms. The van der Waals surface area contributed by atoms with E-state index in [9.17, 15) is 18.9 Å². The Kier molecular flexibility index (Phi) is 7.65. The van der Waals surface area contributed by atoms with Gasteiger partial charge in [0.25, 0.3) is 5.56 Å². The number of rotatable bonds is 8. The van der Waals surface area contributed by atoms with Crippen LogP contribution in [0.2, 0.25) is 0 Å². The molecule has 2 aliphatic rings. The summed E-state index contributed by atoms with van der Waals surface area (Å²) in [5, 5.41) is 0. The van der Waals surface area contributed by atoms with E-state index in [4.69, 9.17) is 28.8 Å². The van der Waals surface area contributed by atoms with Gasteiger partial charge in [-0.1, -0.05) is 30.3 Å². The lowest BCUT2D eigenvalue weighted by Crippen LogP contribution is -2.55. The van der Waals surface area contributed by atoms with Crippen molar-refractivity contribution in [3.63, 3.8) is 0 Å². The van der Waals surface area contributed by atoms with E-state index < -0.39 is 54.9 Å². The zero-order valence-corrected chi connectivity index (χ0v) is 21.1. The van der Waals surface area contributed by atoms with Crippen molar-refractivity contribution in [3.05, 3.63) is 69.0 Å². The lowest BCUT2D eigenvalue weighted by Gasteiger charge is -2.35. The maximum absolute atomic E-state index is 13.3. The van der Waals surface area contributed by atoms with Crippen molar-refractivity contribution < 1.29 is 32.4 Å². The molecule has 13 heteroatoms. The number of ether oxygens (including phenoxy) is 2. The third-order valence-electron chi connectivity index (χ3n) is 6.02. The number of phosphoric ester groups is 1. The van der Waals surface area contributed by atoms with Gasteiger partial charge in [0.2, 0.25) is 0 Å². The molecule has 12 nitrogen and oxygen atoms in total. The number of nitrogens with one attached hydrogen (secondary N) is 1. The molecule has 1 unspecified atom stereocenters. The number of aromatic amines is 1. The van der Waals surface area contributed by atoms with E-state index in [2.05, 4.69) is 4.98 Å². The van der Waals surface area contributed by atoms with Gasteiger partial charge in [-0.25, -0.2) is 9.36 Å². The average molecular weight is 523 g/mol. The van der Waals surface area contributed by atoms with Gasteiger partial charge in [0.05, 0.1) is 30.8 Å². The highest BCUT2D eigenvalue weighted by molar-refractivity contribution is 7.48. The Morgan fingerprint density at radius 2 is 2.00 bits per heavy atom. The van der Waals surface area contributed by atoms with E-state index in [0.717, 1.165) is 10.1 Å². The van der Waals surface area contributed by atoms with Gasteiger partial charge in [0.1, 0.15) is 12.2 Å². The van der Waals surface area contributed by atoms with Crippen molar-refractivity contribution in [3.8, 4) is 0 Å². The molecule has 6 atom stereocenters. The Balaban J connectivity index is 1.44. The molecule has 0 bridgehead atoms. The molecule has 0 amide bonds. The molecule has 1 aromatic heterocycles. The number of aromatic nitrogens is 2. The lowest BCUT2D eigenvalue weighted by atomic mass is 9.93. The first-order valence-electron chi connectivity index (χ1n) is 11.6. The number of carbonyl (C=O) groups excluding carboxylic acids is 1. The van der Waals surface area contributed by atoms with Gasteiger partial charge >= 0.3 is 19.5 Å². The zero-order valence-electron chi connectivity index (χ0n) is 20.2. The molecule has 196 valence electrons. The maximum Gasteiger partial charge on any atom is 0.475 e. The van der Waals surface area contributed by atoms with Crippen LogP contribution in [0.5, 0.6) is 0 Å². The smallest absolute Gasteiger partial charge is 0.463 e. The number of esters is 1. The standard InChI is InChI=1S/C23H30N3O9P/c1-14(2)33-20(28)16(15-7-5-4-6-8-15)10-12-31-36(30)32-13-17-19(35-36)23(3,24)21(34-17)26-11-9-18(27)25-22(26)29/h4-9,11,14,16-17,19,21H,10,12-13,24H2,1-3H3,(H,25,27,29)/t16?,17-,19-,21-,23-,36-/m1/s1. The van der Waals surface area contributed by atoms with E-state index in [1.165, 1.54) is 12.3 Å². The highest BCUT2D eigenvalue weighted by Crippen LogP contribution is 2.58. The summed E-state index contributed by atoms with van der Waals surface area (Å²) in [5.41, 5.74) is 4.64. The molecular formula is C23H30N3O9P. The van der Waals surface area contributed by atoms with Crippen LogP contribution in [0.3, 0.4) is 0 Å². The summed E-state index contributed by atoms with van der Waals surface area (Å²) in [5.74, 6) is -1.06. The largest absolute Gasteiger partial charge is 0.475 e. The summed E-state index contributed by atoms with van der Waals surface area (Å²) in [7, 11) is -4.06. The summed E-state index contributed by atoms with van der Waals surface area (Å²) in [6.45, 7) is 4.84. The van der Waals surface area contributed by atoms with Crippen LogP contribution in [0.15, 0.2) is 52.2 Å². The Hall–Kier alpha value is -2.60. The van der Waals surface area contributed by atoms with Crippen molar-refractivity contribution >= 4 is 13.8 Å². The number of hydrogen-bond acceptors (Lipinski definition) is 10. The van der Waals surface area contributed by atoms with E-state index in [0.29, 0.717) is 0 Å². The third kappa shape index (κ3) is 5.54. The fourth-order valence-corrected chi connectivity index (χ4v) is 5.81. The van der Waals surface area contributed by atoms with Crippen LogP contribution in [-0.2, 0) is 32.4 Å². The highest BCUT2D eigenvalue weighted by atomic mass is 31.2. The fraction of sp³-hybridized carbons (Fsp3) is 0.522. The molecule has 1 aromatic carbocycles. The summed E-state index contributed by atoms with van der Waals surface area (Å²) in [6, 6.07) is 10.2. The summed E-state index contributed by atoms with van der Waals surface area (Å²) in [4.78, 5) is 38.5. The first-order valence-corrected chi connectivity index (χ1v) is 13.0. The molecule has 2 fully saturated rings. The van der Waals surface area contributed by atoms with Crippen molar-refractivity contribution in [1.29, 1.82) is 0 Å². The molecule has 2 aromatic rings. The quantitative estimate of drug-likeness (QED) is 0.386.